The Morgan fingerprint density at radius 2 is 2.07 bits per heavy atom. The molecule has 0 aliphatic carbocycles. The highest BCUT2D eigenvalue weighted by molar-refractivity contribution is 9.10. The van der Waals surface area contributed by atoms with Crippen LogP contribution in [0.1, 0.15) is 5.56 Å². The summed E-state index contributed by atoms with van der Waals surface area (Å²) in [4.78, 5) is 0. The molecule has 1 heterocycles. The van der Waals surface area contributed by atoms with Gasteiger partial charge in [0.1, 0.15) is 0 Å². The normalized spacial score (nSPS) is 13.0. The van der Waals surface area contributed by atoms with Gasteiger partial charge in [-0.1, -0.05) is 22.5 Å². The molecular formula is C10H8BrClO2. The number of allylic oxidation sites excluding steroid dienone is 1. The van der Waals surface area contributed by atoms with Crippen molar-refractivity contribution in [1.29, 1.82) is 0 Å². The standard InChI is InChI=1S/C10H8BrClO2/c1-6(4-12)7-2-9-10(3-8(7)11)14-5-13-9/h2-3H,1,4-5H2. The second-order valence-corrected chi connectivity index (χ2v) is 4.04. The highest BCUT2D eigenvalue weighted by atomic mass is 79.9. The highest BCUT2D eigenvalue weighted by Crippen LogP contribution is 2.39. The Hall–Kier alpha value is -0.670. The van der Waals surface area contributed by atoms with E-state index in [-0.39, 0.29) is 6.79 Å². The molecule has 2 nitrogen and oxygen atoms in total. The highest BCUT2D eigenvalue weighted by Gasteiger charge is 2.16. The maximum absolute atomic E-state index is 5.72. The van der Waals surface area contributed by atoms with Crippen LogP contribution in [-0.2, 0) is 0 Å². The van der Waals surface area contributed by atoms with Crippen molar-refractivity contribution < 1.29 is 9.47 Å². The van der Waals surface area contributed by atoms with Gasteiger partial charge in [-0.15, -0.1) is 11.6 Å². The van der Waals surface area contributed by atoms with Crippen molar-refractivity contribution >= 4 is 33.1 Å². The Morgan fingerprint density at radius 3 is 2.71 bits per heavy atom. The van der Waals surface area contributed by atoms with E-state index in [0.29, 0.717) is 5.88 Å². The van der Waals surface area contributed by atoms with Crippen molar-refractivity contribution in [3.63, 3.8) is 0 Å². The first kappa shape index (κ1) is 9.87. The lowest BCUT2D eigenvalue weighted by Gasteiger charge is -2.06. The summed E-state index contributed by atoms with van der Waals surface area (Å²) in [6.07, 6.45) is 0. The molecule has 0 spiro atoms. The van der Waals surface area contributed by atoms with Crippen molar-refractivity contribution in [2.45, 2.75) is 0 Å². The predicted molar refractivity (Wildman–Crippen MR) is 60.0 cm³/mol. The minimum Gasteiger partial charge on any atom is -0.454 e. The van der Waals surface area contributed by atoms with Crippen LogP contribution in [0.4, 0.5) is 0 Å². The fourth-order valence-corrected chi connectivity index (χ4v) is 2.01. The minimum atomic E-state index is 0.276. The van der Waals surface area contributed by atoms with Crippen molar-refractivity contribution in [1.82, 2.24) is 0 Å². The first-order valence-electron chi connectivity index (χ1n) is 4.05. The molecule has 0 radical (unpaired) electrons. The van der Waals surface area contributed by atoms with E-state index >= 15 is 0 Å². The molecule has 4 heteroatoms. The van der Waals surface area contributed by atoms with E-state index in [0.717, 1.165) is 27.1 Å². The summed E-state index contributed by atoms with van der Waals surface area (Å²) in [6.45, 7) is 4.15. The van der Waals surface area contributed by atoms with E-state index in [1.807, 2.05) is 12.1 Å². The van der Waals surface area contributed by atoms with E-state index in [9.17, 15) is 0 Å². The zero-order valence-corrected chi connectivity index (χ0v) is 9.69. The van der Waals surface area contributed by atoms with Gasteiger partial charge in [0, 0.05) is 10.4 Å². The summed E-state index contributed by atoms with van der Waals surface area (Å²) in [7, 11) is 0. The molecule has 0 atom stereocenters. The number of benzene rings is 1. The summed E-state index contributed by atoms with van der Waals surface area (Å²) < 4.78 is 11.4. The van der Waals surface area contributed by atoms with Crippen LogP contribution in [-0.4, -0.2) is 12.7 Å². The zero-order chi connectivity index (χ0) is 10.1. The van der Waals surface area contributed by atoms with Gasteiger partial charge in [-0.3, -0.25) is 0 Å². The molecule has 0 aromatic heterocycles. The fraction of sp³-hybridized carbons (Fsp3) is 0.200. The van der Waals surface area contributed by atoms with Crippen molar-refractivity contribution in [2.24, 2.45) is 0 Å². The molecule has 14 heavy (non-hydrogen) atoms. The van der Waals surface area contributed by atoms with Crippen molar-refractivity contribution in [3.8, 4) is 11.5 Å². The molecule has 2 rings (SSSR count). The molecule has 1 aliphatic heterocycles. The number of ether oxygens (including phenoxy) is 2. The van der Waals surface area contributed by atoms with Gasteiger partial charge in [0.2, 0.25) is 6.79 Å². The third-order valence-corrected chi connectivity index (χ3v) is 2.98. The molecule has 0 bridgehead atoms. The molecule has 1 aromatic rings. The minimum absolute atomic E-state index is 0.276. The van der Waals surface area contributed by atoms with Gasteiger partial charge in [0.25, 0.3) is 0 Å². The average Bonchev–Trinajstić information content (AvgIpc) is 2.62. The topological polar surface area (TPSA) is 18.5 Å². The Labute approximate surface area is 95.6 Å². The van der Waals surface area contributed by atoms with Gasteiger partial charge >= 0.3 is 0 Å². The molecule has 0 fully saturated rings. The number of fused-ring (bicyclic) bond motifs is 1. The molecule has 1 aromatic carbocycles. The molecule has 0 saturated carbocycles. The molecule has 74 valence electrons. The Balaban J connectivity index is 2.47. The van der Waals surface area contributed by atoms with Gasteiger partial charge in [-0.05, 0) is 23.3 Å². The summed E-state index contributed by atoms with van der Waals surface area (Å²) >= 11 is 9.15. The van der Waals surface area contributed by atoms with Gasteiger partial charge in [-0.25, -0.2) is 0 Å². The Morgan fingerprint density at radius 1 is 1.43 bits per heavy atom. The lowest BCUT2D eigenvalue weighted by atomic mass is 10.1. The van der Waals surface area contributed by atoms with Crippen molar-refractivity contribution in [3.05, 3.63) is 28.7 Å². The SMILES string of the molecule is C=C(CCl)c1cc2c(cc1Br)OCO2. The summed E-state index contributed by atoms with van der Waals surface area (Å²) in [5.74, 6) is 1.90. The summed E-state index contributed by atoms with van der Waals surface area (Å²) in [6, 6.07) is 3.76. The van der Waals surface area contributed by atoms with Crippen LogP contribution < -0.4 is 9.47 Å². The monoisotopic (exact) mass is 274 g/mol. The maximum Gasteiger partial charge on any atom is 0.231 e. The quantitative estimate of drug-likeness (QED) is 0.770. The predicted octanol–water partition coefficient (Wildman–Crippen LogP) is 3.43. The number of rotatable bonds is 2. The molecular weight excluding hydrogens is 267 g/mol. The van der Waals surface area contributed by atoms with Crippen LogP contribution in [0.3, 0.4) is 0 Å². The van der Waals surface area contributed by atoms with Gasteiger partial charge in [-0.2, -0.15) is 0 Å². The fourth-order valence-electron chi connectivity index (χ4n) is 1.26. The van der Waals surface area contributed by atoms with Crippen LogP contribution in [0.2, 0.25) is 0 Å². The molecule has 0 N–H and O–H groups in total. The number of hydrogen-bond donors (Lipinski definition) is 0. The van der Waals surface area contributed by atoms with Crippen LogP contribution in [0.15, 0.2) is 23.2 Å². The summed E-state index contributed by atoms with van der Waals surface area (Å²) in [5, 5.41) is 0. The van der Waals surface area contributed by atoms with Gasteiger partial charge in [0.15, 0.2) is 11.5 Å². The van der Waals surface area contributed by atoms with E-state index in [4.69, 9.17) is 21.1 Å². The van der Waals surface area contributed by atoms with E-state index in [1.165, 1.54) is 0 Å². The van der Waals surface area contributed by atoms with Crippen LogP contribution in [0.5, 0.6) is 11.5 Å². The smallest absolute Gasteiger partial charge is 0.231 e. The van der Waals surface area contributed by atoms with Gasteiger partial charge < -0.3 is 9.47 Å². The first-order valence-corrected chi connectivity index (χ1v) is 5.38. The molecule has 0 saturated heterocycles. The van der Waals surface area contributed by atoms with Crippen molar-refractivity contribution in [2.75, 3.05) is 12.7 Å². The number of hydrogen-bond acceptors (Lipinski definition) is 2. The van der Waals surface area contributed by atoms with Gasteiger partial charge in [0.05, 0.1) is 0 Å². The third-order valence-electron chi connectivity index (χ3n) is 2.00. The number of alkyl halides is 1. The average molecular weight is 276 g/mol. The summed E-state index contributed by atoms with van der Waals surface area (Å²) in [5.41, 5.74) is 1.82. The Kier molecular flexibility index (Phi) is 2.70. The first-order chi connectivity index (χ1) is 6.72. The lowest BCUT2D eigenvalue weighted by molar-refractivity contribution is 0.174. The third kappa shape index (κ3) is 1.62. The second-order valence-electron chi connectivity index (χ2n) is 2.92. The van der Waals surface area contributed by atoms with E-state index in [1.54, 1.807) is 0 Å². The zero-order valence-electron chi connectivity index (χ0n) is 7.35. The largest absolute Gasteiger partial charge is 0.454 e. The molecule has 1 aliphatic rings. The second kappa shape index (κ2) is 3.83. The molecule has 0 amide bonds. The van der Waals surface area contributed by atoms with E-state index < -0.39 is 0 Å². The van der Waals surface area contributed by atoms with Crippen LogP contribution in [0.25, 0.3) is 5.57 Å². The lowest BCUT2D eigenvalue weighted by Crippen LogP contribution is -1.92. The Bertz CT molecular complexity index is 390. The molecule has 0 unspecified atom stereocenters. The van der Waals surface area contributed by atoms with Crippen LogP contribution in [0, 0.1) is 0 Å². The number of halogens is 2. The van der Waals surface area contributed by atoms with Crippen LogP contribution >= 0.6 is 27.5 Å². The van der Waals surface area contributed by atoms with E-state index in [2.05, 4.69) is 22.5 Å². The maximum atomic E-state index is 5.72.